The number of amides is 1. The third-order valence-corrected chi connectivity index (χ3v) is 3.51. The van der Waals surface area contributed by atoms with Crippen LogP contribution in [-0.2, 0) is 9.53 Å². The van der Waals surface area contributed by atoms with Gasteiger partial charge in [0.15, 0.2) is 0 Å². The summed E-state index contributed by atoms with van der Waals surface area (Å²) in [5.41, 5.74) is -0.438. The molecule has 0 aromatic heterocycles. The number of carbonyl (C=O) groups excluding carboxylic acids is 1. The van der Waals surface area contributed by atoms with E-state index in [-0.39, 0.29) is 37.4 Å². The summed E-state index contributed by atoms with van der Waals surface area (Å²) in [6.07, 6.45) is 0.418. The maximum atomic E-state index is 12.2. The molecule has 20 heavy (non-hydrogen) atoms. The van der Waals surface area contributed by atoms with Crippen molar-refractivity contribution >= 4 is 11.9 Å². The number of benzene rings is 1. The van der Waals surface area contributed by atoms with Gasteiger partial charge in [0.2, 0.25) is 0 Å². The zero-order valence-corrected chi connectivity index (χ0v) is 11.2. The molecule has 0 saturated carbocycles. The van der Waals surface area contributed by atoms with Gasteiger partial charge in [0.1, 0.15) is 11.3 Å². The largest absolute Gasteiger partial charge is 0.507 e. The number of phenols is 1. The van der Waals surface area contributed by atoms with Crippen molar-refractivity contribution in [3.63, 3.8) is 0 Å². The molecule has 1 aromatic rings. The van der Waals surface area contributed by atoms with Crippen molar-refractivity contribution in [3.8, 4) is 5.75 Å². The molecule has 6 nitrogen and oxygen atoms in total. The van der Waals surface area contributed by atoms with Crippen LogP contribution in [0.5, 0.6) is 5.75 Å². The summed E-state index contributed by atoms with van der Waals surface area (Å²) in [6, 6.07) is 4.62. The molecule has 0 radical (unpaired) electrons. The summed E-state index contributed by atoms with van der Waals surface area (Å²) in [4.78, 5) is 23.7. The molecule has 0 spiro atoms. The fourth-order valence-corrected chi connectivity index (χ4v) is 2.23. The van der Waals surface area contributed by atoms with E-state index in [1.54, 1.807) is 13.0 Å². The Morgan fingerprint density at radius 2 is 1.95 bits per heavy atom. The molecule has 2 rings (SSSR count). The minimum Gasteiger partial charge on any atom is -0.507 e. The van der Waals surface area contributed by atoms with Gasteiger partial charge in [0.05, 0.1) is 5.56 Å². The lowest BCUT2D eigenvalue weighted by Gasteiger charge is -2.33. The van der Waals surface area contributed by atoms with Crippen LogP contribution in [-0.4, -0.2) is 40.8 Å². The molecular weight excluding hydrogens is 262 g/mol. The summed E-state index contributed by atoms with van der Waals surface area (Å²) < 4.78 is 5.14. The predicted octanol–water partition coefficient (Wildman–Crippen LogP) is 1.06. The van der Waals surface area contributed by atoms with Crippen LogP contribution in [0, 0.1) is 6.92 Å². The maximum Gasteiger partial charge on any atom is 0.329 e. The Labute approximate surface area is 116 Å². The average Bonchev–Trinajstić information content (AvgIpc) is 2.42. The summed E-state index contributed by atoms with van der Waals surface area (Å²) in [5, 5.41) is 21.6. The Hall–Kier alpha value is -2.08. The number of carboxylic acids is 1. The number of rotatable bonds is 3. The van der Waals surface area contributed by atoms with Gasteiger partial charge in [0, 0.05) is 26.1 Å². The van der Waals surface area contributed by atoms with E-state index in [2.05, 4.69) is 5.32 Å². The second-order valence-electron chi connectivity index (χ2n) is 4.97. The zero-order chi connectivity index (χ0) is 14.8. The molecule has 1 aliphatic rings. The van der Waals surface area contributed by atoms with Crippen molar-refractivity contribution in [1.82, 2.24) is 5.32 Å². The molecule has 3 N–H and O–H groups in total. The molecule has 108 valence electrons. The van der Waals surface area contributed by atoms with E-state index in [1.807, 2.05) is 0 Å². The van der Waals surface area contributed by atoms with Crippen molar-refractivity contribution in [2.24, 2.45) is 0 Å². The molecule has 1 saturated heterocycles. The number of phenolic OH excluding ortho intramolecular Hbond substituents is 1. The van der Waals surface area contributed by atoms with Gasteiger partial charge in [-0.2, -0.15) is 0 Å². The summed E-state index contributed by atoms with van der Waals surface area (Å²) >= 11 is 0. The van der Waals surface area contributed by atoms with Crippen molar-refractivity contribution < 1.29 is 24.5 Å². The minimum absolute atomic E-state index is 0.0807. The molecule has 0 atom stereocenters. The number of aryl methyl sites for hydroxylation is 1. The number of carbonyl (C=O) groups is 2. The first-order valence-electron chi connectivity index (χ1n) is 6.38. The quantitative estimate of drug-likeness (QED) is 0.769. The zero-order valence-electron chi connectivity index (χ0n) is 11.2. The molecule has 0 unspecified atom stereocenters. The molecule has 1 amide bonds. The van der Waals surface area contributed by atoms with Gasteiger partial charge < -0.3 is 20.3 Å². The third-order valence-electron chi connectivity index (χ3n) is 3.51. The average molecular weight is 279 g/mol. The molecule has 1 heterocycles. The Morgan fingerprint density at radius 1 is 1.30 bits per heavy atom. The first kappa shape index (κ1) is 14.3. The van der Waals surface area contributed by atoms with E-state index in [1.165, 1.54) is 12.1 Å². The minimum atomic E-state index is -1.33. The van der Waals surface area contributed by atoms with Crippen LogP contribution < -0.4 is 5.32 Å². The SMILES string of the molecule is Cc1ccc(O)c(C(=O)NC2(C(=O)O)CCOCC2)c1. The van der Waals surface area contributed by atoms with Crippen molar-refractivity contribution in [1.29, 1.82) is 0 Å². The van der Waals surface area contributed by atoms with Gasteiger partial charge in [-0.25, -0.2) is 4.79 Å². The van der Waals surface area contributed by atoms with E-state index < -0.39 is 17.4 Å². The Balaban J connectivity index is 2.24. The lowest BCUT2D eigenvalue weighted by atomic mass is 9.89. The van der Waals surface area contributed by atoms with Crippen molar-refractivity contribution in [3.05, 3.63) is 29.3 Å². The lowest BCUT2D eigenvalue weighted by Crippen LogP contribution is -2.57. The summed E-state index contributed by atoms with van der Waals surface area (Å²) in [5.74, 6) is -1.84. The molecule has 1 aliphatic heterocycles. The Kier molecular flexibility index (Phi) is 3.94. The van der Waals surface area contributed by atoms with Gasteiger partial charge in [-0.3, -0.25) is 4.79 Å². The second kappa shape index (κ2) is 5.50. The molecular formula is C14H17NO5. The summed E-state index contributed by atoms with van der Waals surface area (Å²) in [6.45, 7) is 2.36. The first-order valence-corrected chi connectivity index (χ1v) is 6.38. The van der Waals surface area contributed by atoms with E-state index in [0.29, 0.717) is 0 Å². The van der Waals surface area contributed by atoms with Gasteiger partial charge in [-0.1, -0.05) is 11.6 Å². The van der Waals surface area contributed by atoms with Crippen LogP contribution in [0.1, 0.15) is 28.8 Å². The molecule has 0 bridgehead atoms. The second-order valence-corrected chi connectivity index (χ2v) is 4.97. The lowest BCUT2D eigenvalue weighted by molar-refractivity contribution is -0.148. The van der Waals surface area contributed by atoms with E-state index >= 15 is 0 Å². The van der Waals surface area contributed by atoms with Crippen LogP contribution in [0.4, 0.5) is 0 Å². The normalized spacial score (nSPS) is 17.4. The highest BCUT2D eigenvalue weighted by Gasteiger charge is 2.42. The summed E-state index contributed by atoms with van der Waals surface area (Å²) in [7, 11) is 0. The number of carboxylic acid groups (broad SMARTS) is 1. The number of nitrogens with one attached hydrogen (secondary N) is 1. The number of aromatic hydroxyl groups is 1. The van der Waals surface area contributed by atoms with Gasteiger partial charge in [0.25, 0.3) is 5.91 Å². The monoisotopic (exact) mass is 279 g/mol. The topological polar surface area (TPSA) is 95.9 Å². The standard InChI is InChI=1S/C14H17NO5/c1-9-2-3-11(16)10(8-9)12(17)15-14(13(18)19)4-6-20-7-5-14/h2-3,8,16H,4-7H2,1H3,(H,15,17)(H,18,19). The highest BCUT2D eigenvalue weighted by atomic mass is 16.5. The van der Waals surface area contributed by atoms with Gasteiger partial charge in [-0.05, 0) is 19.1 Å². The fraction of sp³-hybridized carbons (Fsp3) is 0.429. The number of hydrogen-bond acceptors (Lipinski definition) is 4. The van der Waals surface area contributed by atoms with E-state index in [0.717, 1.165) is 5.56 Å². The Morgan fingerprint density at radius 3 is 2.55 bits per heavy atom. The fourth-order valence-electron chi connectivity index (χ4n) is 2.23. The third kappa shape index (κ3) is 2.75. The first-order chi connectivity index (χ1) is 9.44. The molecule has 0 aliphatic carbocycles. The van der Waals surface area contributed by atoms with E-state index in [4.69, 9.17) is 4.74 Å². The van der Waals surface area contributed by atoms with Crippen LogP contribution in [0.15, 0.2) is 18.2 Å². The van der Waals surface area contributed by atoms with Crippen molar-refractivity contribution in [2.45, 2.75) is 25.3 Å². The van der Waals surface area contributed by atoms with Crippen LogP contribution in [0.2, 0.25) is 0 Å². The van der Waals surface area contributed by atoms with Crippen molar-refractivity contribution in [2.75, 3.05) is 13.2 Å². The van der Waals surface area contributed by atoms with Crippen LogP contribution in [0.3, 0.4) is 0 Å². The Bertz CT molecular complexity index is 534. The molecule has 1 fully saturated rings. The van der Waals surface area contributed by atoms with E-state index in [9.17, 15) is 19.8 Å². The number of hydrogen-bond donors (Lipinski definition) is 3. The predicted molar refractivity (Wildman–Crippen MR) is 70.7 cm³/mol. The van der Waals surface area contributed by atoms with Crippen LogP contribution in [0.25, 0.3) is 0 Å². The molecule has 6 heteroatoms. The number of ether oxygens (including phenoxy) is 1. The number of aliphatic carboxylic acids is 1. The maximum absolute atomic E-state index is 12.2. The molecule has 1 aromatic carbocycles. The van der Waals surface area contributed by atoms with Gasteiger partial charge in [-0.15, -0.1) is 0 Å². The smallest absolute Gasteiger partial charge is 0.329 e. The highest BCUT2D eigenvalue weighted by Crippen LogP contribution is 2.24. The highest BCUT2D eigenvalue weighted by molar-refractivity contribution is 6.00. The van der Waals surface area contributed by atoms with Crippen LogP contribution >= 0.6 is 0 Å². The van der Waals surface area contributed by atoms with Gasteiger partial charge >= 0.3 is 5.97 Å².